The Morgan fingerprint density at radius 3 is 2.90 bits per heavy atom. The summed E-state index contributed by atoms with van der Waals surface area (Å²) in [6, 6.07) is 9.13. The molecule has 4 nitrogen and oxygen atoms in total. The van der Waals surface area contributed by atoms with Crippen LogP contribution in [-0.4, -0.2) is 15.0 Å². The molecule has 7 heteroatoms. The molecule has 0 fully saturated rings. The van der Waals surface area contributed by atoms with Crippen LogP contribution in [-0.2, 0) is 23.0 Å². The minimum Gasteiger partial charge on any atom is -0.385 e. The molecule has 0 saturated heterocycles. The van der Waals surface area contributed by atoms with Gasteiger partial charge in [0, 0.05) is 23.7 Å². The molecule has 2 N–H and O–H groups in total. The van der Waals surface area contributed by atoms with Gasteiger partial charge in [-0.3, -0.25) is 0 Å². The summed E-state index contributed by atoms with van der Waals surface area (Å²) >= 11 is 4.90. The molecule has 0 amide bonds. The van der Waals surface area contributed by atoms with Crippen molar-refractivity contribution in [1.29, 1.82) is 0 Å². The van der Waals surface area contributed by atoms with Crippen LogP contribution in [0.3, 0.4) is 0 Å². The average Bonchev–Trinajstić information content (AvgIpc) is 2.90. The number of fused-ring (bicyclic) bond motifs is 1. The van der Waals surface area contributed by atoms with Crippen LogP contribution in [0.15, 0.2) is 39.0 Å². The number of hydrogen-bond donors (Lipinski definition) is 2. The molecule has 0 spiro atoms. The number of nitrogens with one attached hydrogen (secondary N) is 2. The Labute approximate surface area is 136 Å². The van der Waals surface area contributed by atoms with Crippen molar-refractivity contribution < 1.29 is 8.42 Å². The van der Waals surface area contributed by atoms with Crippen molar-refractivity contribution in [2.75, 3.05) is 11.9 Å². The number of aryl methyl sites for hydroxylation is 1. The van der Waals surface area contributed by atoms with Crippen LogP contribution < -0.4 is 10.0 Å². The van der Waals surface area contributed by atoms with Gasteiger partial charge < -0.3 is 5.32 Å². The van der Waals surface area contributed by atoms with E-state index in [4.69, 9.17) is 0 Å². The fraction of sp³-hybridized carbons (Fsp3) is 0.286. The Balaban J connectivity index is 1.78. The van der Waals surface area contributed by atoms with Gasteiger partial charge in [0.2, 0.25) is 10.0 Å². The van der Waals surface area contributed by atoms with Gasteiger partial charge >= 0.3 is 0 Å². The van der Waals surface area contributed by atoms with Crippen LogP contribution in [0.4, 0.5) is 5.69 Å². The lowest BCUT2D eigenvalue weighted by Crippen LogP contribution is -2.23. The molecule has 1 aliphatic heterocycles. The Bertz CT molecular complexity index is 756. The van der Waals surface area contributed by atoms with Gasteiger partial charge in [0.1, 0.15) is 0 Å². The van der Waals surface area contributed by atoms with Crippen LogP contribution >= 0.6 is 27.3 Å². The second-order valence-corrected chi connectivity index (χ2v) is 9.19. The summed E-state index contributed by atoms with van der Waals surface area (Å²) in [6.45, 7) is 1.20. The van der Waals surface area contributed by atoms with Gasteiger partial charge in [-0.2, -0.15) is 0 Å². The number of rotatable bonds is 4. The van der Waals surface area contributed by atoms with E-state index in [1.54, 1.807) is 12.1 Å². The van der Waals surface area contributed by atoms with Gasteiger partial charge in [0.25, 0.3) is 0 Å². The standard InChI is InChI=1S/C14H15BrN2O2S2/c15-14-6-4-11(20-14)9-17-21(18,19)12-5-3-10-2-1-7-16-13(10)8-12/h3-6,8,16-17H,1-2,7,9H2. The Morgan fingerprint density at radius 2 is 2.14 bits per heavy atom. The lowest BCUT2D eigenvalue weighted by molar-refractivity contribution is 0.581. The Kier molecular flexibility index (Phi) is 4.35. The number of sulfonamides is 1. The molecule has 3 rings (SSSR count). The largest absolute Gasteiger partial charge is 0.385 e. The highest BCUT2D eigenvalue weighted by molar-refractivity contribution is 9.11. The molecule has 0 saturated carbocycles. The van der Waals surface area contributed by atoms with E-state index >= 15 is 0 Å². The zero-order valence-corrected chi connectivity index (χ0v) is 14.4. The predicted octanol–water partition coefficient (Wildman–Crippen LogP) is 3.35. The van der Waals surface area contributed by atoms with Crippen LogP contribution in [0.2, 0.25) is 0 Å². The highest BCUT2D eigenvalue weighted by Gasteiger charge is 2.17. The molecule has 1 aliphatic rings. The third-order valence-electron chi connectivity index (χ3n) is 3.40. The average molecular weight is 387 g/mol. The van der Waals surface area contributed by atoms with E-state index < -0.39 is 10.0 Å². The molecule has 0 unspecified atom stereocenters. The van der Waals surface area contributed by atoms with Crippen molar-refractivity contribution in [2.24, 2.45) is 0 Å². The van der Waals surface area contributed by atoms with Crippen molar-refractivity contribution in [3.8, 4) is 0 Å². The second kappa shape index (κ2) is 6.08. The lowest BCUT2D eigenvalue weighted by atomic mass is 10.0. The SMILES string of the molecule is O=S(=O)(NCc1ccc(Br)s1)c1ccc2c(c1)NCCC2. The fourth-order valence-corrected chi connectivity index (χ4v) is 4.85. The van der Waals surface area contributed by atoms with Crippen molar-refractivity contribution in [2.45, 2.75) is 24.3 Å². The zero-order chi connectivity index (χ0) is 14.9. The van der Waals surface area contributed by atoms with Gasteiger partial charge in [-0.1, -0.05) is 6.07 Å². The third-order valence-corrected chi connectivity index (χ3v) is 6.42. The highest BCUT2D eigenvalue weighted by atomic mass is 79.9. The van der Waals surface area contributed by atoms with E-state index in [9.17, 15) is 8.42 Å². The van der Waals surface area contributed by atoms with Crippen LogP contribution in [0, 0.1) is 0 Å². The number of hydrogen-bond acceptors (Lipinski definition) is 4. The second-order valence-electron chi connectivity index (χ2n) is 4.88. The first-order chi connectivity index (χ1) is 10.0. The molecule has 1 aromatic carbocycles. The number of benzene rings is 1. The first kappa shape index (κ1) is 15.0. The summed E-state index contributed by atoms with van der Waals surface area (Å²) in [4.78, 5) is 1.29. The van der Waals surface area contributed by atoms with Gasteiger partial charge in [-0.15, -0.1) is 11.3 Å². The molecule has 0 aliphatic carbocycles. The van der Waals surface area contributed by atoms with Crippen molar-refractivity contribution in [3.05, 3.63) is 44.6 Å². The molecule has 0 bridgehead atoms. The molecule has 2 heterocycles. The van der Waals surface area contributed by atoms with E-state index in [0.29, 0.717) is 11.4 Å². The number of thiophene rings is 1. The minimum absolute atomic E-state index is 0.309. The Hall–Kier alpha value is -0.890. The normalized spacial score (nSPS) is 14.5. The topological polar surface area (TPSA) is 58.2 Å². The van der Waals surface area contributed by atoms with Crippen molar-refractivity contribution >= 4 is 43.0 Å². The first-order valence-corrected chi connectivity index (χ1v) is 9.74. The molecule has 112 valence electrons. The van der Waals surface area contributed by atoms with E-state index in [1.165, 1.54) is 16.9 Å². The van der Waals surface area contributed by atoms with Gasteiger partial charge in [-0.05, 0) is 58.6 Å². The minimum atomic E-state index is -3.48. The summed E-state index contributed by atoms with van der Waals surface area (Å²) in [7, 11) is -3.48. The van der Waals surface area contributed by atoms with E-state index in [0.717, 1.165) is 33.7 Å². The van der Waals surface area contributed by atoms with Gasteiger partial charge in [0.15, 0.2) is 0 Å². The smallest absolute Gasteiger partial charge is 0.240 e. The van der Waals surface area contributed by atoms with E-state index in [-0.39, 0.29) is 0 Å². The molecule has 0 radical (unpaired) electrons. The van der Waals surface area contributed by atoms with Crippen LogP contribution in [0.25, 0.3) is 0 Å². The fourth-order valence-electron chi connectivity index (χ4n) is 2.30. The Morgan fingerprint density at radius 1 is 1.29 bits per heavy atom. The summed E-state index contributed by atoms with van der Waals surface area (Å²) in [5.74, 6) is 0. The highest BCUT2D eigenvalue weighted by Crippen LogP contribution is 2.26. The number of anilines is 1. The molecular formula is C14H15BrN2O2S2. The van der Waals surface area contributed by atoms with Crippen LogP contribution in [0.5, 0.6) is 0 Å². The maximum absolute atomic E-state index is 12.4. The summed E-state index contributed by atoms with van der Waals surface area (Å²) in [6.07, 6.45) is 2.09. The van der Waals surface area contributed by atoms with Crippen LogP contribution in [0.1, 0.15) is 16.9 Å². The monoisotopic (exact) mass is 386 g/mol. The summed E-state index contributed by atoms with van der Waals surface area (Å²) in [5, 5.41) is 3.26. The molecular weight excluding hydrogens is 372 g/mol. The van der Waals surface area contributed by atoms with Gasteiger partial charge in [0.05, 0.1) is 8.68 Å². The molecule has 2 aromatic rings. The maximum atomic E-state index is 12.4. The first-order valence-electron chi connectivity index (χ1n) is 6.65. The van der Waals surface area contributed by atoms with E-state index in [2.05, 4.69) is 26.0 Å². The van der Waals surface area contributed by atoms with Crippen molar-refractivity contribution in [1.82, 2.24) is 4.72 Å². The third kappa shape index (κ3) is 3.48. The van der Waals surface area contributed by atoms with Crippen molar-refractivity contribution in [3.63, 3.8) is 0 Å². The zero-order valence-electron chi connectivity index (χ0n) is 11.2. The number of halogens is 1. The summed E-state index contributed by atoms with van der Waals surface area (Å²) in [5.41, 5.74) is 2.12. The molecule has 1 aromatic heterocycles. The lowest BCUT2D eigenvalue weighted by Gasteiger charge is -2.18. The molecule has 21 heavy (non-hydrogen) atoms. The maximum Gasteiger partial charge on any atom is 0.240 e. The predicted molar refractivity (Wildman–Crippen MR) is 89.3 cm³/mol. The molecule has 0 atom stereocenters. The van der Waals surface area contributed by atoms with E-state index in [1.807, 2.05) is 18.2 Å². The summed E-state index contributed by atoms with van der Waals surface area (Å²) < 4.78 is 28.3. The quantitative estimate of drug-likeness (QED) is 0.846. The van der Waals surface area contributed by atoms with Gasteiger partial charge in [-0.25, -0.2) is 13.1 Å².